The summed E-state index contributed by atoms with van der Waals surface area (Å²) in [7, 11) is 0. The maximum Gasteiger partial charge on any atom is 0.317 e. The summed E-state index contributed by atoms with van der Waals surface area (Å²) in [4.78, 5) is 14.3. The molecule has 0 radical (unpaired) electrons. The molecule has 4 heteroatoms. The molecule has 4 nitrogen and oxygen atoms in total. The van der Waals surface area contributed by atoms with E-state index in [1.54, 1.807) is 0 Å². The summed E-state index contributed by atoms with van der Waals surface area (Å²) in [5.41, 5.74) is 0.353. The smallest absolute Gasteiger partial charge is 0.317 e. The van der Waals surface area contributed by atoms with Gasteiger partial charge in [-0.05, 0) is 49.4 Å². The van der Waals surface area contributed by atoms with E-state index in [0.717, 1.165) is 38.8 Å². The van der Waals surface area contributed by atoms with Crippen molar-refractivity contribution in [2.75, 3.05) is 26.2 Å². The zero-order chi connectivity index (χ0) is 15.9. The van der Waals surface area contributed by atoms with Gasteiger partial charge in [0, 0.05) is 26.2 Å². The largest absolute Gasteiger partial charge is 0.396 e. The Morgan fingerprint density at radius 2 is 2.00 bits per heavy atom. The van der Waals surface area contributed by atoms with Crippen LogP contribution in [0.3, 0.4) is 0 Å². The van der Waals surface area contributed by atoms with E-state index in [1.807, 2.05) is 4.90 Å². The molecule has 1 heterocycles. The van der Waals surface area contributed by atoms with Crippen LogP contribution >= 0.6 is 0 Å². The summed E-state index contributed by atoms with van der Waals surface area (Å²) >= 11 is 0. The normalized spacial score (nSPS) is 20.2. The number of hydrogen-bond donors (Lipinski definition) is 2. The standard InChI is InChI=1S/C17H34N2O2/c1-14(2)12-15(6-11-20)13-18-16(21)19-9-5-7-17(3,4)8-10-19/h14-15,20H,5-13H2,1-4H3,(H,18,21). The molecule has 1 fully saturated rings. The van der Waals surface area contributed by atoms with E-state index in [2.05, 4.69) is 33.0 Å². The Morgan fingerprint density at radius 1 is 1.29 bits per heavy atom. The Labute approximate surface area is 130 Å². The van der Waals surface area contributed by atoms with Crippen molar-refractivity contribution in [1.82, 2.24) is 10.2 Å². The minimum Gasteiger partial charge on any atom is -0.396 e. The van der Waals surface area contributed by atoms with Gasteiger partial charge in [0.05, 0.1) is 0 Å². The summed E-state index contributed by atoms with van der Waals surface area (Å²) in [6, 6.07) is 0.0689. The van der Waals surface area contributed by atoms with Crippen LogP contribution in [0.25, 0.3) is 0 Å². The van der Waals surface area contributed by atoms with Crippen LogP contribution in [0.5, 0.6) is 0 Å². The van der Waals surface area contributed by atoms with Gasteiger partial charge in [0.1, 0.15) is 0 Å². The van der Waals surface area contributed by atoms with Crippen LogP contribution in [-0.2, 0) is 0 Å². The van der Waals surface area contributed by atoms with E-state index < -0.39 is 0 Å². The topological polar surface area (TPSA) is 52.6 Å². The Bertz CT molecular complexity index is 316. The highest BCUT2D eigenvalue weighted by Gasteiger charge is 2.25. The third-order valence-corrected chi connectivity index (χ3v) is 4.51. The molecule has 0 bridgehead atoms. The van der Waals surface area contributed by atoms with Crippen molar-refractivity contribution >= 4 is 6.03 Å². The fourth-order valence-electron chi connectivity index (χ4n) is 3.12. The third kappa shape index (κ3) is 7.16. The molecular formula is C17H34N2O2. The Kier molecular flexibility index (Phi) is 7.50. The van der Waals surface area contributed by atoms with E-state index >= 15 is 0 Å². The number of aliphatic hydroxyl groups excluding tert-OH is 1. The Hall–Kier alpha value is -0.770. The molecule has 1 saturated heterocycles. The van der Waals surface area contributed by atoms with Gasteiger partial charge in [-0.1, -0.05) is 27.7 Å². The first kappa shape index (κ1) is 18.3. The molecule has 1 atom stereocenters. The molecule has 0 aromatic carbocycles. The molecule has 0 aromatic rings. The van der Waals surface area contributed by atoms with Crippen molar-refractivity contribution in [1.29, 1.82) is 0 Å². The van der Waals surface area contributed by atoms with Crippen LogP contribution in [0.2, 0.25) is 0 Å². The van der Waals surface area contributed by atoms with E-state index in [4.69, 9.17) is 5.11 Å². The third-order valence-electron chi connectivity index (χ3n) is 4.51. The summed E-state index contributed by atoms with van der Waals surface area (Å²) in [6.07, 6.45) is 5.18. The van der Waals surface area contributed by atoms with E-state index in [0.29, 0.717) is 23.8 Å². The van der Waals surface area contributed by atoms with Gasteiger partial charge in [-0.3, -0.25) is 0 Å². The zero-order valence-electron chi connectivity index (χ0n) is 14.3. The van der Waals surface area contributed by atoms with Gasteiger partial charge in [0.25, 0.3) is 0 Å². The lowest BCUT2D eigenvalue weighted by atomic mass is 9.85. The van der Waals surface area contributed by atoms with Crippen molar-refractivity contribution in [3.63, 3.8) is 0 Å². The molecule has 124 valence electrons. The van der Waals surface area contributed by atoms with Crippen LogP contribution in [0.1, 0.15) is 59.8 Å². The van der Waals surface area contributed by atoms with Gasteiger partial charge in [-0.15, -0.1) is 0 Å². The van der Waals surface area contributed by atoms with Gasteiger partial charge in [0.2, 0.25) is 0 Å². The molecular weight excluding hydrogens is 264 g/mol. The molecule has 1 aliphatic heterocycles. The predicted molar refractivity (Wildman–Crippen MR) is 87.3 cm³/mol. The molecule has 1 unspecified atom stereocenters. The average molecular weight is 298 g/mol. The number of likely N-dealkylation sites (tertiary alicyclic amines) is 1. The quantitative estimate of drug-likeness (QED) is 0.791. The Balaban J connectivity index is 2.40. The van der Waals surface area contributed by atoms with Crippen LogP contribution in [0.15, 0.2) is 0 Å². The van der Waals surface area contributed by atoms with Crippen molar-refractivity contribution in [3.8, 4) is 0 Å². The number of rotatable bonds is 6. The molecule has 1 rings (SSSR count). The number of nitrogens with zero attached hydrogens (tertiary/aromatic N) is 1. The van der Waals surface area contributed by atoms with Crippen LogP contribution in [-0.4, -0.2) is 42.3 Å². The molecule has 0 aromatic heterocycles. The number of amides is 2. The fourth-order valence-corrected chi connectivity index (χ4v) is 3.12. The second-order valence-corrected chi connectivity index (χ2v) is 7.70. The fraction of sp³-hybridized carbons (Fsp3) is 0.941. The van der Waals surface area contributed by atoms with Crippen LogP contribution in [0, 0.1) is 17.3 Å². The lowest BCUT2D eigenvalue weighted by molar-refractivity contribution is 0.190. The second-order valence-electron chi connectivity index (χ2n) is 7.70. The highest BCUT2D eigenvalue weighted by molar-refractivity contribution is 5.74. The van der Waals surface area contributed by atoms with Crippen molar-refractivity contribution < 1.29 is 9.90 Å². The van der Waals surface area contributed by atoms with Gasteiger partial charge in [0.15, 0.2) is 0 Å². The van der Waals surface area contributed by atoms with Gasteiger partial charge >= 0.3 is 6.03 Å². The predicted octanol–water partition coefficient (Wildman–Crippen LogP) is 3.25. The average Bonchev–Trinajstić information content (AvgIpc) is 2.56. The minimum absolute atomic E-state index is 0.0689. The van der Waals surface area contributed by atoms with E-state index in [1.165, 1.54) is 6.42 Å². The van der Waals surface area contributed by atoms with Gasteiger partial charge < -0.3 is 15.3 Å². The second kappa shape index (κ2) is 8.62. The van der Waals surface area contributed by atoms with Gasteiger partial charge in [-0.2, -0.15) is 0 Å². The Morgan fingerprint density at radius 3 is 2.62 bits per heavy atom. The first-order valence-electron chi connectivity index (χ1n) is 8.47. The number of nitrogens with one attached hydrogen (secondary N) is 1. The van der Waals surface area contributed by atoms with E-state index in [9.17, 15) is 4.79 Å². The number of carbonyl (C=O) groups is 1. The molecule has 1 aliphatic rings. The molecule has 21 heavy (non-hydrogen) atoms. The van der Waals surface area contributed by atoms with E-state index in [-0.39, 0.29) is 12.6 Å². The maximum atomic E-state index is 12.3. The summed E-state index contributed by atoms with van der Waals surface area (Å²) in [5.74, 6) is 0.972. The molecule has 2 N–H and O–H groups in total. The lowest BCUT2D eigenvalue weighted by Crippen LogP contribution is -2.42. The van der Waals surface area contributed by atoms with Crippen molar-refractivity contribution in [3.05, 3.63) is 0 Å². The summed E-state index contributed by atoms with van der Waals surface area (Å²) in [6.45, 7) is 11.5. The summed E-state index contributed by atoms with van der Waals surface area (Å²) in [5, 5.41) is 12.2. The van der Waals surface area contributed by atoms with Crippen molar-refractivity contribution in [2.45, 2.75) is 59.8 Å². The molecule has 0 aliphatic carbocycles. The maximum absolute atomic E-state index is 12.3. The minimum atomic E-state index is 0.0689. The first-order valence-corrected chi connectivity index (χ1v) is 8.47. The molecule has 0 spiro atoms. The van der Waals surface area contributed by atoms with Gasteiger partial charge in [-0.25, -0.2) is 4.79 Å². The number of aliphatic hydroxyl groups is 1. The first-order chi connectivity index (χ1) is 9.84. The highest BCUT2D eigenvalue weighted by Crippen LogP contribution is 2.29. The number of urea groups is 1. The number of carbonyl (C=O) groups excluding carboxylic acids is 1. The lowest BCUT2D eigenvalue weighted by Gasteiger charge is -2.25. The van der Waals surface area contributed by atoms with Crippen molar-refractivity contribution in [2.24, 2.45) is 17.3 Å². The monoisotopic (exact) mass is 298 g/mol. The molecule has 2 amide bonds. The number of hydrogen-bond acceptors (Lipinski definition) is 2. The zero-order valence-corrected chi connectivity index (χ0v) is 14.3. The highest BCUT2D eigenvalue weighted by atomic mass is 16.3. The molecule has 0 saturated carbocycles. The summed E-state index contributed by atoms with van der Waals surface area (Å²) < 4.78 is 0. The van der Waals surface area contributed by atoms with Crippen LogP contribution < -0.4 is 5.32 Å². The van der Waals surface area contributed by atoms with Crippen LogP contribution in [0.4, 0.5) is 4.79 Å². The SMILES string of the molecule is CC(C)CC(CCO)CNC(=O)N1CCCC(C)(C)CC1.